The minimum atomic E-state index is 0.728. The molecule has 0 aromatic heterocycles. The van der Waals surface area contributed by atoms with Crippen molar-refractivity contribution in [1.82, 2.24) is 10.2 Å². The zero-order chi connectivity index (χ0) is 13.0. The normalized spacial score (nSPS) is 31.5. The molecular formula is C16H32N2. The molecule has 3 atom stereocenters. The summed E-state index contributed by atoms with van der Waals surface area (Å²) in [5.74, 6) is 1.83. The highest BCUT2D eigenvalue weighted by Crippen LogP contribution is 2.36. The van der Waals surface area contributed by atoms with Crippen LogP contribution in [0.1, 0.15) is 59.3 Å². The van der Waals surface area contributed by atoms with Crippen molar-refractivity contribution in [3.8, 4) is 0 Å². The van der Waals surface area contributed by atoms with E-state index in [1.807, 2.05) is 0 Å². The first-order valence-corrected chi connectivity index (χ1v) is 8.23. The highest BCUT2D eigenvalue weighted by molar-refractivity contribution is 4.95. The van der Waals surface area contributed by atoms with Crippen molar-refractivity contribution in [3.63, 3.8) is 0 Å². The molecule has 1 aliphatic carbocycles. The number of hydrogen-bond acceptors (Lipinski definition) is 2. The van der Waals surface area contributed by atoms with Gasteiger partial charge in [-0.05, 0) is 37.6 Å². The third kappa shape index (κ3) is 3.71. The summed E-state index contributed by atoms with van der Waals surface area (Å²) in [6, 6.07) is 1.58. The summed E-state index contributed by atoms with van der Waals surface area (Å²) in [5.41, 5.74) is 0. The molecule has 18 heavy (non-hydrogen) atoms. The van der Waals surface area contributed by atoms with Crippen molar-refractivity contribution in [2.45, 2.75) is 71.4 Å². The van der Waals surface area contributed by atoms with Crippen molar-refractivity contribution in [2.75, 3.05) is 19.6 Å². The Bertz CT molecular complexity index is 237. The van der Waals surface area contributed by atoms with Gasteiger partial charge in [-0.2, -0.15) is 0 Å². The highest BCUT2D eigenvalue weighted by Gasteiger charge is 2.39. The van der Waals surface area contributed by atoms with Gasteiger partial charge in [0.1, 0.15) is 0 Å². The van der Waals surface area contributed by atoms with Crippen LogP contribution in [-0.4, -0.2) is 36.6 Å². The molecule has 0 amide bonds. The summed E-state index contributed by atoms with van der Waals surface area (Å²) in [6.45, 7) is 10.9. The molecule has 2 nitrogen and oxygen atoms in total. The number of piperazine rings is 1. The lowest BCUT2D eigenvalue weighted by Gasteiger charge is -2.42. The maximum absolute atomic E-state index is 3.82. The van der Waals surface area contributed by atoms with Crippen LogP contribution in [0.5, 0.6) is 0 Å². The summed E-state index contributed by atoms with van der Waals surface area (Å²) in [7, 11) is 0. The maximum atomic E-state index is 3.82. The van der Waals surface area contributed by atoms with E-state index in [9.17, 15) is 0 Å². The Morgan fingerprint density at radius 2 is 2.00 bits per heavy atom. The summed E-state index contributed by atoms with van der Waals surface area (Å²) >= 11 is 0. The van der Waals surface area contributed by atoms with E-state index in [0.29, 0.717) is 0 Å². The van der Waals surface area contributed by atoms with E-state index in [0.717, 1.165) is 23.9 Å². The zero-order valence-electron chi connectivity index (χ0n) is 12.6. The van der Waals surface area contributed by atoms with Crippen molar-refractivity contribution in [1.29, 1.82) is 0 Å². The monoisotopic (exact) mass is 252 g/mol. The second-order valence-electron chi connectivity index (χ2n) is 6.51. The minimum Gasteiger partial charge on any atom is -0.311 e. The Balaban J connectivity index is 1.85. The molecule has 1 saturated heterocycles. The van der Waals surface area contributed by atoms with Gasteiger partial charge in [-0.3, -0.25) is 4.90 Å². The summed E-state index contributed by atoms with van der Waals surface area (Å²) < 4.78 is 0. The molecule has 106 valence electrons. The number of nitrogens with zero attached hydrogens (tertiary/aromatic N) is 1. The van der Waals surface area contributed by atoms with Crippen LogP contribution in [0, 0.1) is 11.8 Å². The van der Waals surface area contributed by atoms with Crippen LogP contribution in [0.2, 0.25) is 0 Å². The Hall–Kier alpha value is -0.0800. The van der Waals surface area contributed by atoms with Crippen molar-refractivity contribution < 1.29 is 0 Å². The number of nitrogens with one attached hydrogen (secondary N) is 1. The lowest BCUT2D eigenvalue weighted by atomic mass is 9.94. The Morgan fingerprint density at radius 3 is 2.61 bits per heavy atom. The van der Waals surface area contributed by atoms with Crippen LogP contribution >= 0.6 is 0 Å². The molecule has 0 spiro atoms. The van der Waals surface area contributed by atoms with E-state index in [1.54, 1.807) is 0 Å². The smallest absolute Gasteiger partial charge is 0.0249 e. The molecule has 0 aromatic rings. The van der Waals surface area contributed by atoms with Gasteiger partial charge in [0.15, 0.2) is 0 Å². The SMILES string of the molecule is CCCCCN1CC(C(C)CC)NCC1C1CC1. The molecule has 0 radical (unpaired) electrons. The predicted molar refractivity (Wildman–Crippen MR) is 78.9 cm³/mol. The van der Waals surface area contributed by atoms with E-state index in [4.69, 9.17) is 0 Å². The van der Waals surface area contributed by atoms with Crippen LogP contribution in [0.15, 0.2) is 0 Å². The van der Waals surface area contributed by atoms with Gasteiger partial charge in [-0.1, -0.05) is 40.0 Å². The maximum Gasteiger partial charge on any atom is 0.0249 e. The fourth-order valence-electron chi connectivity index (χ4n) is 3.29. The van der Waals surface area contributed by atoms with E-state index < -0.39 is 0 Å². The largest absolute Gasteiger partial charge is 0.311 e. The van der Waals surface area contributed by atoms with Gasteiger partial charge in [-0.25, -0.2) is 0 Å². The molecule has 1 aliphatic heterocycles. The van der Waals surface area contributed by atoms with Gasteiger partial charge in [0, 0.05) is 25.2 Å². The fraction of sp³-hybridized carbons (Fsp3) is 1.00. The fourth-order valence-corrected chi connectivity index (χ4v) is 3.29. The summed E-state index contributed by atoms with van der Waals surface area (Å²) in [5, 5.41) is 3.82. The molecule has 2 fully saturated rings. The quantitative estimate of drug-likeness (QED) is 0.700. The van der Waals surface area contributed by atoms with E-state index in [-0.39, 0.29) is 0 Å². The van der Waals surface area contributed by atoms with Crippen LogP contribution in [0.4, 0.5) is 0 Å². The average molecular weight is 252 g/mol. The van der Waals surface area contributed by atoms with Gasteiger partial charge >= 0.3 is 0 Å². The molecule has 2 rings (SSSR count). The first kappa shape index (κ1) is 14.3. The van der Waals surface area contributed by atoms with Crippen LogP contribution in [0.25, 0.3) is 0 Å². The highest BCUT2D eigenvalue weighted by atomic mass is 15.2. The van der Waals surface area contributed by atoms with E-state index in [2.05, 4.69) is 31.0 Å². The molecule has 1 heterocycles. The van der Waals surface area contributed by atoms with Crippen LogP contribution in [0.3, 0.4) is 0 Å². The Morgan fingerprint density at radius 1 is 1.22 bits per heavy atom. The van der Waals surface area contributed by atoms with Gasteiger partial charge in [0.25, 0.3) is 0 Å². The number of rotatable bonds is 7. The molecule has 0 bridgehead atoms. The number of unbranched alkanes of at least 4 members (excludes halogenated alkanes) is 2. The molecule has 2 aliphatic rings. The van der Waals surface area contributed by atoms with Crippen LogP contribution < -0.4 is 5.32 Å². The third-order valence-corrected chi connectivity index (χ3v) is 5.04. The molecule has 2 heteroatoms. The Kier molecular flexibility index (Phi) is 5.50. The van der Waals surface area contributed by atoms with Gasteiger partial charge in [0.05, 0.1) is 0 Å². The summed E-state index contributed by atoms with van der Waals surface area (Å²) in [6.07, 6.45) is 8.39. The molecule has 1 saturated carbocycles. The first-order valence-electron chi connectivity index (χ1n) is 8.23. The lowest BCUT2D eigenvalue weighted by Crippen LogP contribution is -2.59. The third-order valence-electron chi connectivity index (χ3n) is 5.04. The van der Waals surface area contributed by atoms with E-state index in [1.165, 1.54) is 58.2 Å². The molecule has 0 aromatic carbocycles. The van der Waals surface area contributed by atoms with Gasteiger partial charge in [0.2, 0.25) is 0 Å². The van der Waals surface area contributed by atoms with Crippen molar-refractivity contribution >= 4 is 0 Å². The average Bonchev–Trinajstić information content (AvgIpc) is 3.22. The standard InChI is InChI=1S/C16H32N2/c1-4-6-7-10-18-12-15(13(3)5-2)17-11-16(18)14-8-9-14/h13-17H,4-12H2,1-3H3. The second-order valence-corrected chi connectivity index (χ2v) is 6.51. The predicted octanol–water partition coefficient (Wildman–Crippen LogP) is 3.28. The Labute approximate surface area is 114 Å². The molecular weight excluding hydrogens is 220 g/mol. The van der Waals surface area contributed by atoms with Gasteiger partial charge in [-0.15, -0.1) is 0 Å². The lowest BCUT2D eigenvalue weighted by molar-refractivity contribution is 0.0942. The molecule has 1 N–H and O–H groups in total. The first-order chi connectivity index (χ1) is 8.76. The minimum absolute atomic E-state index is 0.728. The topological polar surface area (TPSA) is 15.3 Å². The van der Waals surface area contributed by atoms with Crippen LogP contribution in [-0.2, 0) is 0 Å². The van der Waals surface area contributed by atoms with E-state index >= 15 is 0 Å². The van der Waals surface area contributed by atoms with Crippen molar-refractivity contribution in [3.05, 3.63) is 0 Å². The zero-order valence-corrected chi connectivity index (χ0v) is 12.6. The second kappa shape index (κ2) is 6.91. The number of hydrogen-bond donors (Lipinski definition) is 1. The van der Waals surface area contributed by atoms with Crippen molar-refractivity contribution in [2.24, 2.45) is 11.8 Å². The summed E-state index contributed by atoms with van der Waals surface area (Å²) in [4.78, 5) is 2.82. The van der Waals surface area contributed by atoms with Gasteiger partial charge < -0.3 is 5.32 Å². The molecule has 3 unspecified atom stereocenters.